The molecule has 0 unspecified atom stereocenters. The van der Waals surface area contributed by atoms with Crippen molar-refractivity contribution in [3.8, 4) is 0 Å². The largest absolute Gasteiger partial charge is 0.0853 e. The number of hydrogen-bond donors (Lipinski definition) is 0. The zero-order valence-corrected chi connectivity index (χ0v) is 10.8. The lowest BCUT2D eigenvalue weighted by Crippen LogP contribution is -2.38. The second-order valence-electron chi connectivity index (χ2n) is 6.47. The molecular weight excluding hydrogens is 180 g/mol. The summed E-state index contributed by atoms with van der Waals surface area (Å²) in [5.74, 6) is 2.75. The van der Waals surface area contributed by atoms with Gasteiger partial charge in [0.15, 0.2) is 0 Å². The molecule has 0 heterocycles. The van der Waals surface area contributed by atoms with E-state index in [1.165, 1.54) is 32.1 Å². The number of fused-ring (bicyclic) bond motifs is 1. The molecule has 2 aliphatic carbocycles. The molecule has 0 spiro atoms. The smallest absolute Gasteiger partial charge is 0.0149 e. The van der Waals surface area contributed by atoms with Gasteiger partial charge >= 0.3 is 0 Å². The fourth-order valence-corrected chi connectivity index (χ4v) is 3.81. The molecule has 0 aliphatic heterocycles. The average Bonchev–Trinajstić information content (AvgIpc) is 2.17. The molecule has 2 aliphatic rings. The summed E-state index contributed by atoms with van der Waals surface area (Å²) in [6.45, 7) is 9.69. The number of rotatable bonds is 1. The van der Waals surface area contributed by atoms with Crippen LogP contribution in [0.3, 0.4) is 0 Å². The monoisotopic (exact) mass is 206 g/mol. The third-order valence-electron chi connectivity index (χ3n) is 5.14. The van der Waals surface area contributed by atoms with E-state index in [0.717, 1.165) is 17.8 Å². The Hall–Kier alpha value is -0.260. The highest BCUT2D eigenvalue weighted by Crippen LogP contribution is 2.52. The van der Waals surface area contributed by atoms with Crippen molar-refractivity contribution in [1.29, 1.82) is 0 Å². The molecule has 0 N–H and O–H groups in total. The van der Waals surface area contributed by atoms with Crippen LogP contribution in [0, 0.1) is 23.2 Å². The molecule has 1 fully saturated rings. The van der Waals surface area contributed by atoms with Gasteiger partial charge in [-0.3, -0.25) is 0 Å². The van der Waals surface area contributed by atoms with Crippen molar-refractivity contribution in [2.24, 2.45) is 23.2 Å². The molecule has 0 aromatic rings. The van der Waals surface area contributed by atoms with Gasteiger partial charge in [0.05, 0.1) is 0 Å². The Morgan fingerprint density at radius 1 is 1.33 bits per heavy atom. The van der Waals surface area contributed by atoms with Gasteiger partial charge in [0.25, 0.3) is 0 Å². The van der Waals surface area contributed by atoms with E-state index in [9.17, 15) is 0 Å². The van der Waals surface area contributed by atoms with Crippen LogP contribution >= 0.6 is 0 Å². The van der Waals surface area contributed by atoms with E-state index in [1.54, 1.807) is 5.57 Å². The first-order valence-corrected chi connectivity index (χ1v) is 6.69. The molecule has 1 saturated carbocycles. The predicted octanol–water partition coefficient (Wildman–Crippen LogP) is 4.81. The van der Waals surface area contributed by atoms with Crippen LogP contribution in [0.4, 0.5) is 0 Å². The Morgan fingerprint density at radius 2 is 2.07 bits per heavy atom. The topological polar surface area (TPSA) is 0 Å². The summed E-state index contributed by atoms with van der Waals surface area (Å²) in [5, 5.41) is 0. The Morgan fingerprint density at radius 3 is 2.73 bits per heavy atom. The summed E-state index contributed by atoms with van der Waals surface area (Å²) in [4.78, 5) is 0. The van der Waals surface area contributed by atoms with E-state index < -0.39 is 0 Å². The normalized spacial score (nSPS) is 41.3. The number of hydrogen-bond acceptors (Lipinski definition) is 0. The minimum absolute atomic E-state index is 0.643. The number of allylic oxidation sites excluding steroid dienone is 2. The lowest BCUT2D eigenvalue weighted by Gasteiger charge is -2.48. The second-order valence-corrected chi connectivity index (χ2v) is 6.47. The molecule has 2 rings (SSSR count). The van der Waals surface area contributed by atoms with Crippen LogP contribution in [-0.4, -0.2) is 0 Å². The first-order chi connectivity index (χ1) is 7.03. The highest BCUT2D eigenvalue weighted by molar-refractivity contribution is 5.14. The quantitative estimate of drug-likeness (QED) is 0.540. The predicted molar refractivity (Wildman–Crippen MR) is 66.8 cm³/mol. The van der Waals surface area contributed by atoms with Crippen molar-refractivity contribution in [1.82, 2.24) is 0 Å². The van der Waals surface area contributed by atoms with Gasteiger partial charge in [-0.15, -0.1) is 0 Å². The van der Waals surface area contributed by atoms with Crippen molar-refractivity contribution >= 4 is 0 Å². The van der Waals surface area contributed by atoms with Crippen LogP contribution in [0.2, 0.25) is 0 Å². The third-order valence-corrected chi connectivity index (χ3v) is 5.14. The minimum atomic E-state index is 0.643. The third kappa shape index (κ3) is 2.00. The maximum absolute atomic E-state index is 2.53. The zero-order valence-electron chi connectivity index (χ0n) is 10.8. The van der Waals surface area contributed by atoms with Crippen LogP contribution in [-0.2, 0) is 0 Å². The summed E-state index contributed by atoms with van der Waals surface area (Å²) < 4.78 is 0. The van der Waals surface area contributed by atoms with Crippen LogP contribution in [0.1, 0.15) is 59.8 Å². The zero-order chi connectivity index (χ0) is 11.1. The Labute approximate surface area is 95.1 Å². The van der Waals surface area contributed by atoms with E-state index in [4.69, 9.17) is 0 Å². The van der Waals surface area contributed by atoms with Crippen molar-refractivity contribution in [3.05, 3.63) is 11.6 Å². The van der Waals surface area contributed by atoms with Crippen LogP contribution in [0.15, 0.2) is 11.6 Å². The molecule has 0 saturated heterocycles. The summed E-state index contributed by atoms with van der Waals surface area (Å²) >= 11 is 0. The van der Waals surface area contributed by atoms with E-state index >= 15 is 0 Å². The van der Waals surface area contributed by atoms with Gasteiger partial charge in [0.2, 0.25) is 0 Å². The van der Waals surface area contributed by atoms with Crippen molar-refractivity contribution in [2.45, 2.75) is 59.8 Å². The highest BCUT2D eigenvalue weighted by Gasteiger charge is 2.42. The lowest BCUT2D eigenvalue weighted by molar-refractivity contribution is 0.0706. The fraction of sp³-hybridized carbons (Fsp3) is 0.867. The molecule has 86 valence electrons. The van der Waals surface area contributed by atoms with Crippen molar-refractivity contribution < 1.29 is 0 Å². The molecule has 3 atom stereocenters. The molecule has 0 amide bonds. The molecule has 0 bridgehead atoms. The second kappa shape index (κ2) is 3.96. The van der Waals surface area contributed by atoms with E-state index in [1.807, 2.05) is 0 Å². The Balaban J connectivity index is 2.16. The van der Waals surface area contributed by atoms with Crippen molar-refractivity contribution in [2.75, 3.05) is 0 Å². The maximum atomic E-state index is 2.53. The summed E-state index contributed by atoms with van der Waals surface area (Å²) in [6.07, 6.45) is 9.64. The maximum Gasteiger partial charge on any atom is -0.0149 e. The molecule has 15 heavy (non-hydrogen) atoms. The molecular formula is C15H26. The lowest BCUT2D eigenvalue weighted by atomic mass is 9.57. The average molecular weight is 206 g/mol. The van der Waals surface area contributed by atoms with Crippen LogP contribution in [0.25, 0.3) is 0 Å². The fourth-order valence-electron chi connectivity index (χ4n) is 3.81. The van der Waals surface area contributed by atoms with E-state index in [0.29, 0.717) is 5.41 Å². The summed E-state index contributed by atoms with van der Waals surface area (Å²) in [5.41, 5.74) is 2.33. The van der Waals surface area contributed by atoms with Crippen molar-refractivity contribution in [3.63, 3.8) is 0 Å². The van der Waals surface area contributed by atoms with Gasteiger partial charge in [-0.2, -0.15) is 0 Å². The van der Waals surface area contributed by atoms with E-state index in [2.05, 4.69) is 33.8 Å². The Kier molecular flexibility index (Phi) is 2.96. The van der Waals surface area contributed by atoms with E-state index in [-0.39, 0.29) is 0 Å². The van der Waals surface area contributed by atoms with Gasteiger partial charge in [-0.25, -0.2) is 0 Å². The molecule has 0 heteroatoms. The standard InChI is InChI=1S/C15H26/c1-11(2)13-7-9-15(4)8-5-6-12(3)14(15)10-13/h6,11,13-14H,5,7-10H2,1-4H3/t13-,14+,15+/m0/s1. The first-order valence-electron chi connectivity index (χ1n) is 6.69. The molecule has 0 nitrogen and oxygen atoms in total. The van der Waals surface area contributed by atoms with Gasteiger partial charge in [-0.05, 0) is 62.2 Å². The van der Waals surface area contributed by atoms with Gasteiger partial charge in [-0.1, -0.05) is 32.4 Å². The van der Waals surface area contributed by atoms with Gasteiger partial charge < -0.3 is 0 Å². The van der Waals surface area contributed by atoms with Crippen LogP contribution in [0.5, 0.6) is 0 Å². The molecule has 0 aromatic carbocycles. The van der Waals surface area contributed by atoms with Crippen LogP contribution < -0.4 is 0 Å². The van der Waals surface area contributed by atoms with Gasteiger partial charge in [0.1, 0.15) is 0 Å². The molecule has 0 radical (unpaired) electrons. The minimum Gasteiger partial charge on any atom is -0.0853 e. The summed E-state index contributed by atoms with van der Waals surface area (Å²) in [6, 6.07) is 0. The first kappa shape index (κ1) is 11.2. The van der Waals surface area contributed by atoms with Gasteiger partial charge in [0, 0.05) is 0 Å². The Bertz CT molecular complexity index is 261. The molecule has 0 aromatic heterocycles. The summed E-state index contributed by atoms with van der Waals surface area (Å²) in [7, 11) is 0. The SMILES string of the molecule is CC1=CCC[C@]2(C)CC[C@H](C(C)C)C[C@H]12. The highest BCUT2D eigenvalue weighted by atomic mass is 14.5.